The summed E-state index contributed by atoms with van der Waals surface area (Å²) in [6.45, 7) is 2.17. The summed E-state index contributed by atoms with van der Waals surface area (Å²) < 4.78 is 0. The number of carbonyl (C=O) groups excluding carboxylic acids is 1. The van der Waals surface area contributed by atoms with E-state index in [9.17, 15) is 24.9 Å². The number of carboxylic acids is 1. The molecule has 0 aromatic heterocycles. The third-order valence-electron chi connectivity index (χ3n) is 4.03. The number of hydrogen-bond acceptors (Lipinski definition) is 4. The van der Waals surface area contributed by atoms with Gasteiger partial charge in [0, 0.05) is 6.54 Å². The molecule has 6 nitrogen and oxygen atoms in total. The predicted octanol–water partition coefficient (Wildman–Crippen LogP) is 1.96. The van der Waals surface area contributed by atoms with Gasteiger partial charge in [0.25, 0.3) is 5.91 Å². The van der Waals surface area contributed by atoms with E-state index in [2.05, 4.69) is 0 Å². The van der Waals surface area contributed by atoms with Gasteiger partial charge in [0.15, 0.2) is 0 Å². The molecule has 3 N–H and O–H groups in total. The lowest BCUT2D eigenvalue weighted by Crippen LogP contribution is -2.53. The van der Waals surface area contributed by atoms with Gasteiger partial charge >= 0.3 is 5.97 Å². The molecule has 1 aromatic rings. The summed E-state index contributed by atoms with van der Waals surface area (Å²) in [6.07, 6.45) is 1.95. The average molecular weight is 293 g/mol. The quantitative estimate of drug-likeness (QED) is 0.788. The molecule has 1 atom stereocenters. The first-order valence-electron chi connectivity index (χ1n) is 7.00. The topological polar surface area (TPSA) is 98.1 Å². The minimum Gasteiger partial charge on any atom is -0.507 e. The molecule has 1 heterocycles. The number of phenolic OH excluding ortho intramolecular Hbond substituents is 2. The Hall–Kier alpha value is -2.24. The lowest BCUT2D eigenvalue weighted by atomic mass is 9.90. The van der Waals surface area contributed by atoms with E-state index < -0.39 is 17.4 Å². The highest BCUT2D eigenvalue weighted by atomic mass is 16.4. The number of aromatic hydroxyl groups is 2. The number of benzene rings is 1. The van der Waals surface area contributed by atoms with Crippen molar-refractivity contribution in [2.24, 2.45) is 0 Å². The molecule has 0 aliphatic carbocycles. The van der Waals surface area contributed by atoms with E-state index in [1.165, 1.54) is 23.1 Å². The molecule has 0 radical (unpaired) electrons. The monoisotopic (exact) mass is 293 g/mol. The summed E-state index contributed by atoms with van der Waals surface area (Å²) in [6, 6.07) is 4.01. The predicted molar refractivity (Wildman–Crippen MR) is 75.3 cm³/mol. The van der Waals surface area contributed by atoms with Crippen LogP contribution in [0.5, 0.6) is 11.5 Å². The number of likely N-dealkylation sites (tertiary alicyclic amines) is 1. The zero-order chi connectivity index (χ0) is 15.6. The maximum absolute atomic E-state index is 12.6. The first kappa shape index (κ1) is 15.2. The Morgan fingerprint density at radius 3 is 2.43 bits per heavy atom. The van der Waals surface area contributed by atoms with Gasteiger partial charge in [0.2, 0.25) is 0 Å². The van der Waals surface area contributed by atoms with Gasteiger partial charge in [-0.1, -0.05) is 19.4 Å². The van der Waals surface area contributed by atoms with Crippen molar-refractivity contribution in [2.45, 2.75) is 38.1 Å². The van der Waals surface area contributed by atoms with Crippen molar-refractivity contribution in [1.82, 2.24) is 4.90 Å². The van der Waals surface area contributed by atoms with Crippen LogP contribution in [0.3, 0.4) is 0 Å². The highest BCUT2D eigenvalue weighted by Crippen LogP contribution is 2.38. The van der Waals surface area contributed by atoms with Crippen LogP contribution in [0.25, 0.3) is 0 Å². The van der Waals surface area contributed by atoms with Crippen LogP contribution < -0.4 is 0 Å². The van der Waals surface area contributed by atoms with E-state index in [0.717, 1.165) is 0 Å². The Morgan fingerprint density at radius 2 is 1.90 bits per heavy atom. The molecular weight excluding hydrogens is 274 g/mol. The van der Waals surface area contributed by atoms with Crippen molar-refractivity contribution in [1.29, 1.82) is 0 Å². The number of rotatable bonds is 4. The number of carbonyl (C=O) groups is 2. The van der Waals surface area contributed by atoms with Crippen LogP contribution in [0.4, 0.5) is 0 Å². The second kappa shape index (κ2) is 5.63. The Kier molecular flexibility index (Phi) is 4.06. The van der Waals surface area contributed by atoms with Gasteiger partial charge in [-0.2, -0.15) is 0 Å². The van der Waals surface area contributed by atoms with Crippen LogP contribution in [0, 0.1) is 0 Å². The lowest BCUT2D eigenvalue weighted by Gasteiger charge is -2.34. The molecular formula is C15H19NO5. The second-order valence-electron chi connectivity index (χ2n) is 5.32. The molecule has 2 rings (SSSR count). The van der Waals surface area contributed by atoms with Gasteiger partial charge in [0.05, 0.1) is 0 Å². The molecule has 0 spiro atoms. The molecule has 114 valence electrons. The van der Waals surface area contributed by atoms with Crippen molar-refractivity contribution in [3.63, 3.8) is 0 Å². The van der Waals surface area contributed by atoms with Crippen molar-refractivity contribution >= 4 is 11.9 Å². The Balaban J connectivity index is 2.44. The Bertz CT molecular complexity index is 551. The van der Waals surface area contributed by atoms with E-state index in [4.69, 9.17) is 0 Å². The molecule has 0 bridgehead atoms. The van der Waals surface area contributed by atoms with E-state index in [1.807, 2.05) is 6.92 Å². The SMILES string of the molecule is CCCC1(C(=O)O)CCCN1C(=O)c1c(O)cccc1O. The highest BCUT2D eigenvalue weighted by molar-refractivity contribution is 6.02. The molecule has 21 heavy (non-hydrogen) atoms. The first-order valence-corrected chi connectivity index (χ1v) is 7.00. The number of phenols is 2. The molecule has 0 saturated carbocycles. The van der Waals surface area contributed by atoms with Gasteiger partial charge in [-0.25, -0.2) is 4.79 Å². The van der Waals surface area contributed by atoms with E-state index in [0.29, 0.717) is 32.2 Å². The Morgan fingerprint density at radius 1 is 1.29 bits per heavy atom. The van der Waals surface area contributed by atoms with Crippen LogP contribution >= 0.6 is 0 Å². The number of aliphatic carboxylic acids is 1. The van der Waals surface area contributed by atoms with Crippen molar-refractivity contribution < 1.29 is 24.9 Å². The smallest absolute Gasteiger partial charge is 0.329 e. The van der Waals surface area contributed by atoms with Crippen LogP contribution in [0.2, 0.25) is 0 Å². The van der Waals surface area contributed by atoms with Crippen molar-refractivity contribution in [3.05, 3.63) is 23.8 Å². The first-order chi connectivity index (χ1) is 9.94. The fourth-order valence-electron chi connectivity index (χ4n) is 3.06. The molecule has 1 unspecified atom stereocenters. The number of hydrogen-bond donors (Lipinski definition) is 3. The average Bonchev–Trinajstić information content (AvgIpc) is 2.84. The molecule has 1 aliphatic heterocycles. The standard InChI is InChI=1S/C15H19NO5/c1-2-7-15(14(20)21)8-4-9-16(15)13(19)12-10(17)5-3-6-11(12)18/h3,5-6,17-18H,2,4,7-9H2,1H3,(H,20,21). The largest absolute Gasteiger partial charge is 0.507 e. The molecule has 1 aliphatic rings. The van der Waals surface area contributed by atoms with Gasteiger partial charge in [-0.3, -0.25) is 4.79 Å². The summed E-state index contributed by atoms with van der Waals surface area (Å²) >= 11 is 0. The minimum atomic E-state index is -1.25. The number of amides is 1. The third kappa shape index (κ3) is 2.41. The zero-order valence-electron chi connectivity index (χ0n) is 11.9. The minimum absolute atomic E-state index is 0.235. The van der Waals surface area contributed by atoms with Gasteiger partial charge < -0.3 is 20.2 Å². The van der Waals surface area contributed by atoms with Gasteiger partial charge in [-0.05, 0) is 31.4 Å². The molecule has 1 saturated heterocycles. The number of nitrogens with zero attached hydrogens (tertiary/aromatic N) is 1. The summed E-state index contributed by atoms with van der Waals surface area (Å²) in [5.74, 6) is -2.37. The molecule has 6 heteroatoms. The fraction of sp³-hybridized carbons (Fsp3) is 0.467. The summed E-state index contributed by atoms with van der Waals surface area (Å²) in [7, 11) is 0. The molecule has 1 fully saturated rings. The Labute approximate surface area is 122 Å². The van der Waals surface area contributed by atoms with Crippen LogP contribution in [0.15, 0.2) is 18.2 Å². The maximum Gasteiger partial charge on any atom is 0.329 e. The van der Waals surface area contributed by atoms with Crippen LogP contribution in [-0.2, 0) is 4.79 Å². The maximum atomic E-state index is 12.6. The summed E-state index contributed by atoms with van der Waals surface area (Å²) in [5.41, 5.74) is -1.48. The zero-order valence-corrected chi connectivity index (χ0v) is 11.9. The van der Waals surface area contributed by atoms with Crippen molar-refractivity contribution in [2.75, 3.05) is 6.54 Å². The van der Waals surface area contributed by atoms with E-state index in [1.54, 1.807) is 0 Å². The number of carboxylic acid groups (broad SMARTS) is 1. The van der Waals surface area contributed by atoms with E-state index in [-0.39, 0.29) is 17.1 Å². The molecule has 1 amide bonds. The van der Waals surface area contributed by atoms with Crippen LogP contribution in [0.1, 0.15) is 43.0 Å². The fourth-order valence-corrected chi connectivity index (χ4v) is 3.06. The molecule has 1 aromatic carbocycles. The van der Waals surface area contributed by atoms with Crippen molar-refractivity contribution in [3.8, 4) is 11.5 Å². The highest BCUT2D eigenvalue weighted by Gasteiger charge is 2.49. The summed E-state index contributed by atoms with van der Waals surface area (Å²) in [5, 5.41) is 29.2. The second-order valence-corrected chi connectivity index (χ2v) is 5.32. The summed E-state index contributed by atoms with van der Waals surface area (Å²) in [4.78, 5) is 25.6. The van der Waals surface area contributed by atoms with Gasteiger partial charge in [0.1, 0.15) is 22.6 Å². The lowest BCUT2D eigenvalue weighted by molar-refractivity contribution is -0.148. The normalized spacial score (nSPS) is 21.5. The van der Waals surface area contributed by atoms with Gasteiger partial charge in [-0.15, -0.1) is 0 Å². The van der Waals surface area contributed by atoms with E-state index >= 15 is 0 Å². The third-order valence-corrected chi connectivity index (χ3v) is 4.03. The van der Waals surface area contributed by atoms with Crippen LogP contribution in [-0.4, -0.2) is 44.2 Å².